The molecule has 0 aromatic heterocycles. The summed E-state index contributed by atoms with van der Waals surface area (Å²) in [7, 11) is 0. The van der Waals surface area contributed by atoms with Crippen molar-refractivity contribution in [1.29, 1.82) is 0 Å². The van der Waals surface area contributed by atoms with Gasteiger partial charge in [-0.15, -0.1) is 0 Å². The first kappa shape index (κ1) is 13.3. The van der Waals surface area contributed by atoms with E-state index in [9.17, 15) is 9.59 Å². The molecule has 102 valence electrons. The lowest BCUT2D eigenvalue weighted by Crippen LogP contribution is -2.47. The predicted molar refractivity (Wildman–Crippen MR) is 69.1 cm³/mol. The summed E-state index contributed by atoms with van der Waals surface area (Å²) in [6, 6.07) is 0.270. The fourth-order valence-corrected chi connectivity index (χ4v) is 2.83. The number of hydrogen-bond donors (Lipinski definition) is 1. The molecule has 1 unspecified atom stereocenters. The number of amides is 2. The van der Waals surface area contributed by atoms with Crippen LogP contribution in [0.2, 0.25) is 0 Å². The summed E-state index contributed by atoms with van der Waals surface area (Å²) in [6.07, 6.45) is 3.94. The zero-order valence-corrected chi connectivity index (χ0v) is 11.2. The van der Waals surface area contributed by atoms with Crippen molar-refractivity contribution in [3.05, 3.63) is 0 Å². The maximum atomic E-state index is 12.2. The molecule has 18 heavy (non-hydrogen) atoms. The maximum Gasteiger partial charge on any atom is 0.312 e. The monoisotopic (exact) mass is 253 g/mol. The molecule has 0 saturated carbocycles. The lowest BCUT2D eigenvalue weighted by atomic mass is 10.2. The Labute approximate surface area is 108 Å². The first-order valence-electron chi connectivity index (χ1n) is 7.04. The highest BCUT2D eigenvalue weighted by molar-refractivity contribution is 6.35. The van der Waals surface area contributed by atoms with Crippen LogP contribution in [0, 0.1) is 0 Å². The Balaban J connectivity index is 1.96. The van der Waals surface area contributed by atoms with Gasteiger partial charge in [-0.25, -0.2) is 0 Å². The summed E-state index contributed by atoms with van der Waals surface area (Å²) < 4.78 is 0. The van der Waals surface area contributed by atoms with Crippen LogP contribution in [-0.4, -0.2) is 60.4 Å². The minimum Gasteiger partial charge on any atom is -0.333 e. The zero-order chi connectivity index (χ0) is 13.0. The molecule has 0 aromatic rings. The summed E-state index contributed by atoms with van der Waals surface area (Å²) in [4.78, 5) is 27.9. The SMILES string of the molecule is CCC1CCCN1C(=O)C(=O)N1CCCNCC1. The van der Waals surface area contributed by atoms with Crippen molar-refractivity contribution in [2.75, 3.05) is 32.7 Å². The highest BCUT2D eigenvalue weighted by Gasteiger charge is 2.33. The fraction of sp³-hybridized carbons (Fsp3) is 0.846. The van der Waals surface area contributed by atoms with Crippen molar-refractivity contribution in [1.82, 2.24) is 15.1 Å². The van der Waals surface area contributed by atoms with Gasteiger partial charge in [-0.05, 0) is 32.2 Å². The van der Waals surface area contributed by atoms with Crippen molar-refractivity contribution >= 4 is 11.8 Å². The first-order valence-corrected chi connectivity index (χ1v) is 7.04. The lowest BCUT2D eigenvalue weighted by molar-refractivity contribution is -0.152. The van der Waals surface area contributed by atoms with E-state index in [0.29, 0.717) is 13.1 Å². The molecule has 1 atom stereocenters. The topological polar surface area (TPSA) is 52.7 Å². The van der Waals surface area contributed by atoms with E-state index < -0.39 is 0 Å². The number of nitrogens with zero attached hydrogens (tertiary/aromatic N) is 2. The number of hydrogen-bond acceptors (Lipinski definition) is 3. The second kappa shape index (κ2) is 6.18. The Hall–Kier alpha value is -1.10. The molecular weight excluding hydrogens is 230 g/mol. The van der Waals surface area contributed by atoms with Crippen LogP contribution in [0.15, 0.2) is 0 Å². The maximum absolute atomic E-state index is 12.2. The molecule has 5 heteroatoms. The van der Waals surface area contributed by atoms with Gasteiger partial charge in [0, 0.05) is 32.2 Å². The molecule has 2 saturated heterocycles. The number of likely N-dealkylation sites (tertiary alicyclic amines) is 1. The van der Waals surface area contributed by atoms with Gasteiger partial charge in [0.05, 0.1) is 0 Å². The van der Waals surface area contributed by atoms with Crippen LogP contribution < -0.4 is 5.32 Å². The molecule has 2 fully saturated rings. The number of carbonyl (C=O) groups is 2. The number of rotatable bonds is 1. The average Bonchev–Trinajstić information content (AvgIpc) is 2.70. The van der Waals surface area contributed by atoms with E-state index in [1.54, 1.807) is 9.80 Å². The van der Waals surface area contributed by atoms with Gasteiger partial charge in [-0.2, -0.15) is 0 Å². The quantitative estimate of drug-likeness (QED) is 0.680. The summed E-state index contributed by atoms with van der Waals surface area (Å²) in [5.41, 5.74) is 0. The smallest absolute Gasteiger partial charge is 0.312 e. The van der Waals surface area contributed by atoms with Crippen LogP contribution in [0.4, 0.5) is 0 Å². The molecular formula is C13H23N3O2. The van der Waals surface area contributed by atoms with E-state index in [4.69, 9.17) is 0 Å². The molecule has 5 nitrogen and oxygen atoms in total. The summed E-state index contributed by atoms with van der Waals surface area (Å²) in [6.45, 7) is 5.89. The van der Waals surface area contributed by atoms with Crippen molar-refractivity contribution in [2.24, 2.45) is 0 Å². The fourth-order valence-electron chi connectivity index (χ4n) is 2.83. The highest BCUT2D eigenvalue weighted by atomic mass is 16.2. The summed E-state index contributed by atoms with van der Waals surface area (Å²) >= 11 is 0. The van der Waals surface area contributed by atoms with Crippen LogP contribution in [0.3, 0.4) is 0 Å². The standard InChI is InChI=1S/C13H23N3O2/c1-2-11-5-3-9-16(11)13(18)12(17)15-8-4-6-14-7-10-15/h11,14H,2-10H2,1H3. The Kier molecular flexibility index (Phi) is 4.58. The van der Waals surface area contributed by atoms with E-state index in [1.165, 1.54) is 0 Å². The predicted octanol–water partition coefficient (Wildman–Crippen LogP) is 0.209. The van der Waals surface area contributed by atoms with Gasteiger partial charge in [0.25, 0.3) is 0 Å². The molecule has 0 bridgehead atoms. The minimum atomic E-state index is -0.306. The third-order valence-electron chi connectivity index (χ3n) is 3.92. The minimum absolute atomic E-state index is 0.270. The van der Waals surface area contributed by atoms with E-state index in [-0.39, 0.29) is 17.9 Å². The molecule has 0 aliphatic carbocycles. The van der Waals surface area contributed by atoms with Gasteiger partial charge in [0.2, 0.25) is 0 Å². The lowest BCUT2D eigenvalue weighted by Gasteiger charge is -2.26. The molecule has 0 aromatic carbocycles. The molecule has 0 spiro atoms. The van der Waals surface area contributed by atoms with Crippen molar-refractivity contribution in [3.63, 3.8) is 0 Å². The van der Waals surface area contributed by atoms with E-state index in [0.717, 1.165) is 45.3 Å². The van der Waals surface area contributed by atoms with Crippen LogP contribution in [0.25, 0.3) is 0 Å². The second-order valence-electron chi connectivity index (χ2n) is 5.10. The van der Waals surface area contributed by atoms with E-state index >= 15 is 0 Å². The summed E-state index contributed by atoms with van der Waals surface area (Å²) in [5, 5.41) is 3.24. The molecule has 2 aliphatic heterocycles. The third kappa shape index (κ3) is 2.83. The van der Waals surface area contributed by atoms with Gasteiger partial charge in [-0.1, -0.05) is 6.92 Å². The molecule has 1 N–H and O–H groups in total. The third-order valence-corrected chi connectivity index (χ3v) is 3.92. The second-order valence-corrected chi connectivity index (χ2v) is 5.10. The average molecular weight is 253 g/mol. The zero-order valence-electron chi connectivity index (χ0n) is 11.2. The van der Waals surface area contributed by atoms with Crippen LogP contribution >= 0.6 is 0 Å². The van der Waals surface area contributed by atoms with Gasteiger partial charge in [-0.3, -0.25) is 9.59 Å². The Morgan fingerprint density at radius 3 is 2.72 bits per heavy atom. The van der Waals surface area contributed by atoms with E-state index in [2.05, 4.69) is 12.2 Å². The molecule has 2 heterocycles. The number of carbonyl (C=O) groups excluding carboxylic acids is 2. The molecule has 2 rings (SSSR count). The molecule has 0 radical (unpaired) electrons. The molecule has 2 amide bonds. The highest BCUT2D eigenvalue weighted by Crippen LogP contribution is 2.20. The van der Waals surface area contributed by atoms with Gasteiger partial charge < -0.3 is 15.1 Å². The summed E-state index contributed by atoms with van der Waals surface area (Å²) in [5.74, 6) is -0.597. The number of nitrogens with one attached hydrogen (secondary N) is 1. The van der Waals surface area contributed by atoms with Gasteiger partial charge >= 0.3 is 11.8 Å². The van der Waals surface area contributed by atoms with Crippen LogP contribution in [-0.2, 0) is 9.59 Å². The normalized spacial score (nSPS) is 25.1. The van der Waals surface area contributed by atoms with Crippen LogP contribution in [0.5, 0.6) is 0 Å². The molecule has 2 aliphatic rings. The van der Waals surface area contributed by atoms with Crippen molar-refractivity contribution < 1.29 is 9.59 Å². The van der Waals surface area contributed by atoms with Crippen LogP contribution in [0.1, 0.15) is 32.6 Å². The van der Waals surface area contributed by atoms with Crippen molar-refractivity contribution in [3.8, 4) is 0 Å². The largest absolute Gasteiger partial charge is 0.333 e. The Bertz CT molecular complexity index is 311. The van der Waals surface area contributed by atoms with Crippen molar-refractivity contribution in [2.45, 2.75) is 38.6 Å². The Morgan fingerprint density at radius 2 is 1.94 bits per heavy atom. The first-order chi connectivity index (χ1) is 8.74. The Morgan fingerprint density at radius 1 is 1.11 bits per heavy atom. The van der Waals surface area contributed by atoms with Gasteiger partial charge in [0.15, 0.2) is 0 Å². The van der Waals surface area contributed by atoms with Gasteiger partial charge in [0.1, 0.15) is 0 Å². The van der Waals surface area contributed by atoms with E-state index in [1.807, 2.05) is 0 Å².